The summed E-state index contributed by atoms with van der Waals surface area (Å²) in [5.41, 5.74) is 6.18. The van der Waals surface area contributed by atoms with Crippen molar-refractivity contribution < 1.29 is 53.1 Å². The maximum absolute atomic E-state index is 2.39. The van der Waals surface area contributed by atoms with Gasteiger partial charge in [0.2, 0.25) is 0 Å². The van der Waals surface area contributed by atoms with Crippen LogP contribution >= 0.6 is 0 Å². The van der Waals surface area contributed by atoms with Crippen LogP contribution in [0.15, 0.2) is 42.2 Å². The molecule has 0 nitrogen and oxygen atoms in total. The van der Waals surface area contributed by atoms with Crippen LogP contribution in [-0.4, -0.2) is 0 Å². The molecule has 0 heterocycles. The van der Waals surface area contributed by atoms with E-state index >= 15 is 0 Å². The van der Waals surface area contributed by atoms with E-state index in [1.807, 2.05) is 0 Å². The van der Waals surface area contributed by atoms with Crippen LogP contribution in [0.25, 0.3) is 0 Å². The molecule has 0 radical (unpaired) electrons. The van der Waals surface area contributed by atoms with Crippen molar-refractivity contribution in [3.05, 3.63) is 42.2 Å². The summed E-state index contributed by atoms with van der Waals surface area (Å²) in [5, 5.41) is 0. The monoisotopic (exact) mass is 392 g/mol. The molecule has 0 amide bonds. The first-order valence-electron chi connectivity index (χ1n) is 5.60. The second-order valence-electron chi connectivity index (χ2n) is 4.51. The molecular weight excluding hydrogens is 376 g/mol. The molecule has 0 spiro atoms. The summed E-state index contributed by atoms with van der Waals surface area (Å²) in [7, 11) is 0. The van der Waals surface area contributed by atoms with Gasteiger partial charge in [-0.3, -0.25) is 0 Å². The van der Waals surface area contributed by atoms with Crippen molar-refractivity contribution in [3.63, 3.8) is 0 Å². The topological polar surface area (TPSA) is 0 Å². The average molecular weight is 394 g/mol. The van der Waals surface area contributed by atoms with Gasteiger partial charge in [-0.15, -0.1) is 0 Å². The first kappa shape index (κ1) is 17.6. The standard InChI is InChI=1S/2C7H9.2BrH.Ti/c2*1-6-4-3-5-7(6)2;;;/h2*4H,3H2,1-2H3;2*1H;/q;;;;+2/p-2. The summed E-state index contributed by atoms with van der Waals surface area (Å²) in [6, 6.07) is 0. The molecule has 92 valence electrons. The van der Waals surface area contributed by atoms with Gasteiger partial charge >= 0.3 is 102 Å². The van der Waals surface area contributed by atoms with Crippen LogP contribution in [0.1, 0.15) is 40.5 Å². The zero-order valence-corrected chi connectivity index (χ0v) is 15.6. The maximum atomic E-state index is 2.39. The third-order valence-electron chi connectivity index (χ3n) is 3.61. The van der Waals surface area contributed by atoms with E-state index in [9.17, 15) is 0 Å². The van der Waals surface area contributed by atoms with Crippen molar-refractivity contribution in [3.8, 4) is 0 Å². The van der Waals surface area contributed by atoms with Crippen LogP contribution in [0.2, 0.25) is 0 Å². The predicted octanol–water partition coefficient (Wildman–Crippen LogP) is -1.68. The Balaban J connectivity index is 0.00000128. The smallest absolute Gasteiger partial charge is 1.00 e. The molecule has 3 heteroatoms. The van der Waals surface area contributed by atoms with Crippen LogP contribution in [0.3, 0.4) is 0 Å². The molecule has 2 aliphatic rings. The summed E-state index contributed by atoms with van der Waals surface area (Å²) < 4.78 is 3.51. The molecular formula is C14H18Br2Ti. The van der Waals surface area contributed by atoms with Gasteiger partial charge in [0.1, 0.15) is 0 Å². The average Bonchev–Trinajstić information content (AvgIpc) is 2.68. The van der Waals surface area contributed by atoms with E-state index in [1.165, 1.54) is 24.0 Å². The maximum Gasteiger partial charge on any atom is -1.00 e. The zero-order valence-electron chi connectivity index (χ0n) is 10.8. The zero-order chi connectivity index (χ0) is 11.0. The number of halogens is 2. The van der Waals surface area contributed by atoms with E-state index in [1.54, 1.807) is 18.9 Å². The minimum absolute atomic E-state index is 0. The largest absolute Gasteiger partial charge is 1.00 e. The first-order valence-corrected chi connectivity index (χ1v) is 7.16. The van der Waals surface area contributed by atoms with Gasteiger partial charge in [-0.05, 0) is 0 Å². The van der Waals surface area contributed by atoms with E-state index in [0.29, 0.717) is 0 Å². The number of hydrogen-bond acceptors (Lipinski definition) is 0. The van der Waals surface area contributed by atoms with Gasteiger partial charge in [0.15, 0.2) is 0 Å². The van der Waals surface area contributed by atoms with E-state index < -0.39 is 0 Å². The molecule has 0 atom stereocenters. The van der Waals surface area contributed by atoms with E-state index in [2.05, 4.69) is 39.8 Å². The van der Waals surface area contributed by atoms with Crippen molar-refractivity contribution in [2.75, 3.05) is 0 Å². The SMILES string of the molecule is CC1=CC[C]([Ti+2][C]2=C(C)C(C)=CC2)=C1C.[Br-].[Br-]. The summed E-state index contributed by atoms with van der Waals surface area (Å²) >= 11 is -0.00593. The van der Waals surface area contributed by atoms with Crippen molar-refractivity contribution in [1.82, 2.24) is 0 Å². The van der Waals surface area contributed by atoms with Crippen molar-refractivity contribution in [1.29, 1.82) is 0 Å². The molecule has 0 fully saturated rings. The first-order chi connectivity index (χ1) is 7.09. The summed E-state index contributed by atoms with van der Waals surface area (Å²) in [4.78, 5) is 0. The third kappa shape index (κ3) is 3.80. The number of allylic oxidation sites excluding steroid dienone is 8. The molecule has 0 aliphatic heterocycles. The van der Waals surface area contributed by atoms with Crippen LogP contribution < -0.4 is 34.0 Å². The summed E-state index contributed by atoms with van der Waals surface area (Å²) in [6.45, 7) is 9.08. The summed E-state index contributed by atoms with van der Waals surface area (Å²) in [6.07, 6.45) is 7.24. The van der Waals surface area contributed by atoms with Gasteiger partial charge in [-0.25, -0.2) is 0 Å². The quantitative estimate of drug-likeness (QED) is 0.492. The van der Waals surface area contributed by atoms with Gasteiger partial charge in [-0.1, -0.05) is 0 Å². The Morgan fingerprint density at radius 2 is 1.12 bits per heavy atom. The molecule has 0 aromatic heterocycles. The molecule has 0 aromatic rings. The van der Waals surface area contributed by atoms with Gasteiger partial charge in [0.25, 0.3) is 0 Å². The van der Waals surface area contributed by atoms with Crippen molar-refractivity contribution in [2.24, 2.45) is 0 Å². The second kappa shape index (κ2) is 7.28. The number of hydrogen-bond donors (Lipinski definition) is 0. The molecule has 0 unspecified atom stereocenters. The minimum atomic E-state index is -0.00593. The van der Waals surface area contributed by atoms with Crippen LogP contribution in [0.4, 0.5) is 0 Å². The molecule has 0 saturated heterocycles. The molecule has 17 heavy (non-hydrogen) atoms. The Morgan fingerprint density at radius 3 is 1.35 bits per heavy atom. The molecule has 0 N–H and O–H groups in total. The van der Waals surface area contributed by atoms with Crippen LogP contribution in [-0.2, 0) is 19.2 Å². The van der Waals surface area contributed by atoms with Crippen molar-refractivity contribution >= 4 is 0 Å². The van der Waals surface area contributed by atoms with Crippen LogP contribution in [0, 0.1) is 0 Å². The molecule has 0 bridgehead atoms. The van der Waals surface area contributed by atoms with Gasteiger partial charge in [0.05, 0.1) is 0 Å². The number of rotatable bonds is 2. The van der Waals surface area contributed by atoms with Crippen molar-refractivity contribution in [2.45, 2.75) is 40.5 Å². The van der Waals surface area contributed by atoms with Gasteiger partial charge < -0.3 is 34.0 Å². The fraction of sp³-hybridized carbons (Fsp3) is 0.429. The Hall–Kier alpha value is 0.634. The van der Waals surface area contributed by atoms with Gasteiger partial charge in [0, 0.05) is 0 Å². The van der Waals surface area contributed by atoms with E-state index in [4.69, 9.17) is 0 Å². The molecule has 0 aromatic carbocycles. The Labute approximate surface area is 135 Å². The predicted molar refractivity (Wildman–Crippen MR) is 62.1 cm³/mol. The van der Waals surface area contributed by atoms with E-state index in [0.717, 1.165) is 0 Å². The third-order valence-corrected chi connectivity index (χ3v) is 6.37. The van der Waals surface area contributed by atoms with Gasteiger partial charge in [-0.2, -0.15) is 0 Å². The fourth-order valence-corrected chi connectivity index (χ4v) is 4.48. The fourth-order valence-electron chi connectivity index (χ4n) is 2.07. The van der Waals surface area contributed by atoms with E-state index in [-0.39, 0.29) is 53.1 Å². The summed E-state index contributed by atoms with van der Waals surface area (Å²) in [5.74, 6) is 0. The molecule has 0 saturated carbocycles. The normalized spacial score (nSPS) is 18.4. The Kier molecular flexibility index (Phi) is 7.55. The Bertz CT molecular complexity index is 386. The second-order valence-corrected chi connectivity index (χ2v) is 6.79. The minimum Gasteiger partial charge on any atom is -1.00 e. The Morgan fingerprint density at radius 1 is 0.765 bits per heavy atom. The molecule has 2 rings (SSSR count). The van der Waals surface area contributed by atoms with Crippen LogP contribution in [0.5, 0.6) is 0 Å². The molecule has 2 aliphatic carbocycles.